The molecule has 606 valence electrons. The molecule has 9 saturated heterocycles. The van der Waals surface area contributed by atoms with Crippen molar-refractivity contribution in [2.75, 3.05) is 17.6 Å². The maximum atomic E-state index is 12.6. The van der Waals surface area contributed by atoms with Gasteiger partial charge in [0.15, 0.2) is 14.2 Å². The van der Waals surface area contributed by atoms with E-state index >= 15 is 0 Å². The molecule has 15 aliphatic rings. The van der Waals surface area contributed by atoms with Gasteiger partial charge in [-0.05, 0) is 82.8 Å². The number of aliphatic hydroxyl groups is 6. The quantitative estimate of drug-likeness (QED) is 0.0405. The summed E-state index contributed by atoms with van der Waals surface area (Å²) in [6.45, 7) is 17.9. The van der Waals surface area contributed by atoms with E-state index in [1.54, 1.807) is 58.8 Å². The Morgan fingerprint density at radius 1 is 0.505 bits per heavy atom. The number of alkyl halides is 3. The average Bonchev–Trinajstić information content (AvgIpc) is 1.66. The molecule has 12 aliphatic heterocycles. The molecule has 29 atom stereocenters. The van der Waals surface area contributed by atoms with Crippen LogP contribution in [0.4, 0.5) is 0 Å². The molecule has 9 fully saturated rings. The van der Waals surface area contributed by atoms with Crippen molar-refractivity contribution >= 4 is 163 Å². The van der Waals surface area contributed by atoms with Crippen LogP contribution in [-0.4, -0.2) is 244 Å². The first-order valence-corrected chi connectivity index (χ1v) is 50.4. The number of carbonyl (C=O) groups excluding carboxylic acids is 9. The van der Waals surface area contributed by atoms with Crippen LogP contribution >= 0.6 is 34.8 Å². The zero-order valence-corrected chi connectivity index (χ0v) is 72.7. The van der Waals surface area contributed by atoms with Crippen molar-refractivity contribution in [2.24, 2.45) is 53.3 Å². The van der Waals surface area contributed by atoms with Crippen LogP contribution in [0.5, 0.6) is 0 Å². The monoisotopic (exact) mass is 1890 g/mol. The van der Waals surface area contributed by atoms with E-state index in [-0.39, 0.29) is 97.5 Å². The fourth-order valence-corrected chi connectivity index (χ4v) is 38.7. The van der Waals surface area contributed by atoms with Gasteiger partial charge in [0, 0.05) is 28.0 Å². The molecule has 6 amide bonds. The minimum absolute atomic E-state index is 0.0354. The molecule has 0 bridgehead atoms. The summed E-state index contributed by atoms with van der Waals surface area (Å²) in [4.78, 5) is 110. The molecule has 36 heteroatoms. The topological polar surface area (TPSA) is 450 Å². The van der Waals surface area contributed by atoms with Crippen LogP contribution in [0.15, 0.2) is 68.5 Å². The normalized spacial score (nSPS) is 41.4. The molecule has 12 heterocycles. The van der Waals surface area contributed by atoms with E-state index in [4.69, 9.17) is 34.8 Å². The van der Waals surface area contributed by atoms with Crippen LogP contribution in [0.3, 0.4) is 0 Å². The van der Waals surface area contributed by atoms with Gasteiger partial charge in [-0.1, -0.05) is 38.2 Å². The van der Waals surface area contributed by atoms with E-state index in [2.05, 4.69) is 38.0 Å². The Morgan fingerprint density at radius 2 is 0.954 bits per heavy atom. The standard InChI is InChI=1S/C14H19NO3S.C13H17NO3S.C13H17NO3Se.C11H16ClNO4S.C11H16ClNO4Se.C11H16ClNO4Te/c1-8-9(2)19(18)14(11(8)15-13(14)17)12(16)10-6-4-3-5-7-10;2*1-8-7-18(17)13(10(8)14-12(13)16)11(15)9-5-3-2-4-6-9;3*1-5(2)8(14)11-7(13-10(11)16)6(3-4-12)9(15)18(11)17/h4,6,10-12,16H,3,5,7H2,1-2H3,(H,15,17);2*3,5,7,9-11,15H,2,4,6H2,1H3,(H,14,16);3*5-8,14H,3-4H2,1-2H3,(H,13,16)/t10-,11+,12+,14+,19?;2*9-,10+,11+,13+,18?;2*6?,7-,8-,11-,18?;6?,7-,8-,11-/m111000/s1. The van der Waals surface area contributed by atoms with Gasteiger partial charge in [-0.15, -0.1) is 11.6 Å². The second kappa shape index (κ2) is 34.0. The number of allylic oxidation sites excluding steroid dienone is 4. The first kappa shape index (κ1) is 88.0. The number of amides is 6. The van der Waals surface area contributed by atoms with Gasteiger partial charge >= 0.3 is 342 Å². The van der Waals surface area contributed by atoms with E-state index in [0.717, 1.165) is 79.4 Å². The molecule has 0 saturated carbocycles. The number of hydrogen-bond donors (Lipinski definition) is 12. The van der Waals surface area contributed by atoms with Crippen LogP contribution in [0.2, 0.25) is 12.1 Å². The molecule has 109 heavy (non-hydrogen) atoms. The van der Waals surface area contributed by atoms with Crippen LogP contribution < -0.4 is 31.9 Å². The number of carbonyl (C=O) groups is 9. The Kier molecular flexibility index (Phi) is 27.5. The number of hydrogen-bond acceptors (Lipinski definition) is 21. The van der Waals surface area contributed by atoms with Gasteiger partial charge in [-0.2, -0.15) is 0 Å². The van der Waals surface area contributed by atoms with Gasteiger partial charge in [0.05, 0.1) is 64.0 Å². The van der Waals surface area contributed by atoms with E-state index < -0.39 is 201 Å². The van der Waals surface area contributed by atoms with Crippen molar-refractivity contribution in [1.82, 2.24) is 31.9 Å². The fourth-order valence-electron chi connectivity index (χ4n) is 18.3. The molecular formula is C73H101Cl3N6O21S3Se2Te. The first-order valence-electron chi connectivity index (χ1n) is 37.1. The first-order chi connectivity index (χ1) is 51.3. The summed E-state index contributed by atoms with van der Waals surface area (Å²) in [5.41, 5.74) is 2.77. The van der Waals surface area contributed by atoms with Gasteiger partial charge in [0.1, 0.15) is 10.8 Å². The zero-order valence-electron chi connectivity index (χ0n) is 62.2. The Hall–Kier alpha value is -3.42. The van der Waals surface area contributed by atoms with E-state index in [1.807, 2.05) is 51.2 Å². The van der Waals surface area contributed by atoms with Gasteiger partial charge in [-0.25, -0.2) is 0 Å². The van der Waals surface area contributed by atoms with Crippen LogP contribution in [0.25, 0.3) is 0 Å². The van der Waals surface area contributed by atoms with E-state index in [1.165, 1.54) is 0 Å². The Morgan fingerprint density at radius 3 is 1.39 bits per heavy atom. The predicted octanol–water partition coefficient (Wildman–Crippen LogP) is 2.30. The summed E-state index contributed by atoms with van der Waals surface area (Å²) in [6.07, 6.45) is 16.2. The Labute approximate surface area is 671 Å². The summed E-state index contributed by atoms with van der Waals surface area (Å²) in [5, 5.41) is 79.9. The number of β-lactam (4-membered cyclic amide) rings is 6. The minimum atomic E-state index is -3.56. The number of fused-ring (bicyclic) bond motifs is 6. The number of aliphatic hydroxyl groups excluding tert-OH is 6. The molecule has 0 aromatic carbocycles. The third-order valence-electron chi connectivity index (χ3n) is 24.7. The number of rotatable bonds is 18. The fraction of sp³-hybridized carbons (Fsp3) is 0.712. The second-order valence-corrected chi connectivity index (χ2v) is 48.9. The van der Waals surface area contributed by atoms with Gasteiger partial charge in [0.25, 0.3) is 0 Å². The van der Waals surface area contributed by atoms with Crippen molar-refractivity contribution < 1.29 is 97.2 Å². The molecular weight excluding hydrogens is 1780 g/mol. The molecule has 12 N–H and O–H groups in total. The van der Waals surface area contributed by atoms with Crippen LogP contribution in [-0.2, 0) is 86.3 Å². The summed E-state index contributed by atoms with van der Waals surface area (Å²) in [6, 6.07) is -2.26. The Balaban J connectivity index is 0.000000139. The maximum absolute atomic E-state index is 12.6. The van der Waals surface area contributed by atoms with Gasteiger partial charge in [0.2, 0.25) is 22.8 Å². The van der Waals surface area contributed by atoms with Gasteiger partial charge in [-0.3, -0.25) is 31.8 Å². The number of halogens is 3. The summed E-state index contributed by atoms with van der Waals surface area (Å²) < 4.78 is 66.0. The van der Waals surface area contributed by atoms with Crippen molar-refractivity contribution in [3.63, 3.8) is 0 Å². The SMILES string of the molecule is CC(C)[C@H](O)[C@]12C(=O)N[C@H]1C(CCCl)C(=O)S2=O.CC(C)[C@H](O)[C@]12C(=O)N[C@H]1C(CCCl)C(=O)[Se]2=O.CC(C)[C@H](O)[C@]12C(=O)N[C@H]1C(CCCl)C(=O)[Te]2=O.CC1=C(C)S(=O)[C@@]2([C@@H](O)[C@@H]3C=CCCC3)C(=O)N[C@@H]12.CC1=CS(=O)[C@@]2([C@@H](O)[C@@H]3C=CCCC3)C(=O)N[C@@H]12.CC1=C[Se](=O)[C@@]2([C@@H](O)[C@@H]3C=CCCC3)C(=O)N[C@@H]12. The summed E-state index contributed by atoms with van der Waals surface area (Å²) >= 11 is 7.84. The van der Waals surface area contributed by atoms with E-state index in [0.29, 0.717) is 19.3 Å². The molecule has 0 radical (unpaired) electrons. The molecule has 3 aliphatic carbocycles. The van der Waals surface area contributed by atoms with Crippen LogP contribution in [0.1, 0.15) is 146 Å². The predicted molar refractivity (Wildman–Crippen MR) is 409 cm³/mol. The summed E-state index contributed by atoms with van der Waals surface area (Å²) in [7, 11) is -4.83. The molecule has 27 nitrogen and oxygen atoms in total. The zero-order chi connectivity index (χ0) is 80.6. The number of nitrogens with one attached hydrogen (secondary N) is 6. The van der Waals surface area contributed by atoms with Crippen molar-refractivity contribution in [1.29, 1.82) is 0 Å². The van der Waals surface area contributed by atoms with Crippen molar-refractivity contribution in [3.05, 3.63) is 68.5 Å². The van der Waals surface area contributed by atoms with Gasteiger partial charge < -0.3 is 31.3 Å². The summed E-state index contributed by atoms with van der Waals surface area (Å²) in [5.74, 6) is -3.69. The second-order valence-electron chi connectivity index (χ2n) is 31.6. The van der Waals surface area contributed by atoms with Crippen molar-refractivity contribution in [3.8, 4) is 0 Å². The molecule has 8 unspecified atom stereocenters. The molecule has 0 aromatic heterocycles. The average molecular weight is 1890 g/mol. The molecule has 0 spiro atoms. The molecule has 0 aromatic rings. The third-order valence-corrected chi connectivity index (χ3v) is 45.1. The van der Waals surface area contributed by atoms with Crippen molar-refractivity contribution in [2.45, 2.75) is 245 Å². The Bertz CT molecular complexity index is 3820. The molecule has 15 rings (SSSR count). The third kappa shape index (κ3) is 13.5. The van der Waals surface area contributed by atoms with E-state index in [9.17, 15) is 97.2 Å². The van der Waals surface area contributed by atoms with Crippen LogP contribution in [0, 0.1) is 53.3 Å².